The fraction of sp³-hybridized carbons (Fsp3) is 0.500. The molecular weight excluding hydrogens is 268 g/mol. The molecule has 0 saturated heterocycles. The van der Waals surface area contributed by atoms with E-state index in [4.69, 9.17) is 5.73 Å². The Morgan fingerprint density at radius 2 is 1.86 bits per heavy atom. The van der Waals surface area contributed by atoms with Gasteiger partial charge >= 0.3 is 5.97 Å². The maximum atomic E-state index is 12.1. The monoisotopic (exact) mass is 292 g/mol. The van der Waals surface area contributed by atoms with Crippen molar-refractivity contribution in [1.29, 1.82) is 0 Å². The second kappa shape index (κ2) is 8.42. The number of nitrogens with two attached hydrogens (primary N) is 1. The molecule has 1 aromatic carbocycles. The highest BCUT2D eigenvalue weighted by Gasteiger charge is 2.29. The largest absolute Gasteiger partial charge is 0.469 e. The zero-order chi connectivity index (χ0) is 15.7. The number of nitrogens with one attached hydrogen (secondary N) is 1. The van der Waals surface area contributed by atoms with Gasteiger partial charge in [0.2, 0.25) is 5.91 Å². The molecule has 21 heavy (non-hydrogen) atoms. The Morgan fingerprint density at radius 3 is 2.48 bits per heavy atom. The van der Waals surface area contributed by atoms with Gasteiger partial charge in [-0.1, -0.05) is 36.8 Å². The number of carbonyl (C=O) groups is 2. The number of unbranched alkanes of at least 4 members (excludes halogenated alkanes) is 2. The fourth-order valence-corrected chi connectivity index (χ4v) is 1.97. The van der Waals surface area contributed by atoms with E-state index in [2.05, 4.69) is 10.1 Å². The second-order valence-electron chi connectivity index (χ2n) is 5.21. The van der Waals surface area contributed by atoms with Crippen molar-refractivity contribution in [2.24, 2.45) is 5.73 Å². The van der Waals surface area contributed by atoms with Crippen LogP contribution in [0.25, 0.3) is 0 Å². The van der Waals surface area contributed by atoms with Crippen molar-refractivity contribution in [3.8, 4) is 0 Å². The van der Waals surface area contributed by atoms with Gasteiger partial charge in [0, 0.05) is 13.0 Å². The molecule has 0 saturated carbocycles. The number of rotatable bonds is 8. The fourth-order valence-electron chi connectivity index (χ4n) is 1.97. The summed E-state index contributed by atoms with van der Waals surface area (Å²) in [6.07, 6.45) is 2.86. The third-order valence-electron chi connectivity index (χ3n) is 3.42. The Labute approximate surface area is 125 Å². The van der Waals surface area contributed by atoms with Crippen molar-refractivity contribution >= 4 is 11.9 Å². The first-order valence-electron chi connectivity index (χ1n) is 7.18. The van der Waals surface area contributed by atoms with Crippen LogP contribution in [0.3, 0.4) is 0 Å². The van der Waals surface area contributed by atoms with Gasteiger partial charge in [-0.25, -0.2) is 0 Å². The molecule has 0 aromatic heterocycles. The molecule has 0 bridgehead atoms. The normalized spacial score (nSPS) is 13.3. The van der Waals surface area contributed by atoms with Gasteiger partial charge < -0.3 is 15.8 Å². The van der Waals surface area contributed by atoms with Gasteiger partial charge in [-0.05, 0) is 25.3 Å². The van der Waals surface area contributed by atoms with Crippen molar-refractivity contribution in [3.63, 3.8) is 0 Å². The SMILES string of the molecule is COC(=O)CCCCCNC(=O)C(C)(N)c1ccccc1. The zero-order valence-electron chi connectivity index (χ0n) is 12.7. The van der Waals surface area contributed by atoms with E-state index in [0.717, 1.165) is 24.8 Å². The Bertz CT molecular complexity index is 458. The lowest BCUT2D eigenvalue weighted by molar-refractivity contribution is -0.140. The van der Waals surface area contributed by atoms with Crippen molar-refractivity contribution in [1.82, 2.24) is 5.32 Å². The van der Waals surface area contributed by atoms with E-state index in [1.165, 1.54) is 7.11 Å². The van der Waals surface area contributed by atoms with Gasteiger partial charge in [0.15, 0.2) is 0 Å². The molecular formula is C16H24N2O3. The van der Waals surface area contributed by atoms with Gasteiger partial charge in [0.05, 0.1) is 7.11 Å². The van der Waals surface area contributed by atoms with E-state index in [1.54, 1.807) is 6.92 Å². The molecule has 0 radical (unpaired) electrons. The van der Waals surface area contributed by atoms with E-state index >= 15 is 0 Å². The lowest BCUT2D eigenvalue weighted by atomic mass is 9.92. The summed E-state index contributed by atoms with van der Waals surface area (Å²) >= 11 is 0. The second-order valence-corrected chi connectivity index (χ2v) is 5.21. The average molecular weight is 292 g/mol. The molecule has 0 aliphatic heterocycles. The van der Waals surface area contributed by atoms with Crippen LogP contribution in [0.1, 0.15) is 38.2 Å². The number of methoxy groups -OCH3 is 1. The Kier molecular flexibility index (Phi) is 6.88. The number of amides is 1. The van der Waals surface area contributed by atoms with Crippen molar-refractivity contribution in [2.45, 2.75) is 38.1 Å². The Hall–Kier alpha value is -1.88. The number of hydrogen-bond acceptors (Lipinski definition) is 4. The van der Waals surface area contributed by atoms with Crippen LogP contribution >= 0.6 is 0 Å². The summed E-state index contributed by atoms with van der Waals surface area (Å²) < 4.78 is 4.56. The number of ether oxygens (including phenoxy) is 1. The molecule has 1 aromatic rings. The number of benzene rings is 1. The average Bonchev–Trinajstić information content (AvgIpc) is 2.50. The van der Waals surface area contributed by atoms with Gasteiger partial charge in [-0.15, -0.1) is 0 Å². The summed E-state index contributed by atoms with van der Waals surface area (Å²) in [5.41, 5.74) is 5.86. The molecule has 1 amide bonds. The molecule has 5 heteroatoms. The third kappa shape index (κ3) is 5.55. The predicted octanol–water partition coefficient (Wildman–Crippen LogP) is 1.71. The molecule has 1 atom stereocenters. The molecule has 1 unspecified atom stereocenters. The number of carbonyl (C=O) groups excluding carboxylic acids is 2. The maximum absolute atomic E-state index is 12.1. The van der Waals surface area contributed by atoms with Crippen molar-refractivity contribution in [2.75, 3.05) is 13.7 Å². The lowest BCUT2D eigenvalue weighted by Crippen LogP contribution is -2.49. The van der Waals surface area contributed by atoms with Crippen LogP contribution in [-0.2, 0) is 19.9 Å². The first kappa shape index (κ1) is 17.2. The lowest BCUT2D eigenvalue weighted by Gasteiger charge is -2.24. The van der Waals surface area contributed by atoms with Gasteiger partial charge in [-0.2, -0.15) is 0 Å². The predicted molar refractivity (Wildman–Crippen MR) is 81.5 cm³/mol. The molecule has 0 spiro atoms. The summed E-state index contributed by atoms with van der Waals surface area (Å²) in [6, 6.07) is 9.30. The van der Waals surface area contributed by atoms with E-state index in [1.807, 2.05) is 30.3 Å². The summed E-state index contributed by atoms with van der Waals surface area (Å²) in [7, 11) is 1.38. The standard InChI is InChI=1S/C16H24N2O3/c1-16(17,13-9-5-3-6-10-13)15(20)18-12-8-4-7-11-14(19)21-2/h3,5-6,9-10H,4,7-8,11-12,17H2,1-2H3,(H,18,20). The molecule has 5 nitrogen and oxygen atoms in total. The van der Waals surface area contributed by atoms with Crippen LogP contribution in [0.2, 0.25) is 0 Å². The van der Waals surface area contributed by atoms with Crippen LogP contribution in [0.5, 0.6) is 0 Å². The first-order chi connectivity index (χ1) is 9.98. The summed E-state index contributed by atoms with van der Waals surface area (Å²) in [4.78, 5) is 23.1. The zero-order valence-corrected chi connectivity index (χ0v) is 12.7. The minimum atomic E-state index is -1.03. The Morgan fingerprint density at radius 1 is 1.19 bits per heavy atom. The minimum Gasteiger partial charge on any atom is -0.469 e. The highest BCUT2D eigenvalue weighted by atomic mass is 16.5. The first-order valence-corrected chi connectivity index (χ1v) is 7.18. The van der Waals surface area contributed by atoms with Crippen LogP contribution in [0.15, 0.2) is 30.3 Å². The Balaban J connectivity index is 2.29. The molecule has 0 heterocycles. The number of hydrogen-bond donors (Lipinski definition) is 2. The molecule has 3 N–H and O–H groups in total. The molecule has 116 valence electrons. The van der Waals surface area contributed by atoms with Crippen LogP contribution in [-0.4, -0.2) is 25.5 Å². The summed E-state index contributed by atoms with van der Waals surface area (Å²) in [6.45, 7) is 2.26. The molecule has 0 aliphatic carbocycles. The van der Waals surface area contributed by atoms with Gasteiger partial charge in [0.25, 0.3) is 0 Å². The smallest absolute Gasteiger partial charge is 0.305 e. The highest BCUT2D eigenvalue weighted by Crippen LogP contribution is 2.17. The maximum Gasteiger partial charge on any atom is 0.305 e. The topological polar surface area (TPSA) is 81.4 Å². The van der Waals surface area contributed by atoms with Gasteiger partial charge in [0.1, 0.15) is 5.54 Å². The highest BCUT2D eigenvalue weighted by molar-refractivity contribution is 5.86. The van der Waals surface area contributed by atoms with E-state index < -0.39 is 5.54 Å². The van der Waals surface area contributed by atoms with Gasteiger partial charge in [-0.3, -0.25) is 9.59 Å². The van der Waals surface area contributed by atoms with Crippen LogP contribution in [0, 0.1) is 0 Å². The summed E-state index contributed by atoms with van der Waals surface area (Å²) in [5, 5.41) is 2.84. The number of esters is 1. The van der Waals surface area contributed by atoms with E-state index in [9.17, 15) is 9.59 Å². The van der Waals surface area contributed by atoms with E-state index in [-0.39, 0.29) is 11.9 Å². The summed E-state index contributed by atoms with van der Waals surface area (Å²) in [5.74, 6) is -0.390. The third-order valence-corrected chi connectivity index (χ3v) is 3.42. The van der Waals surface area contributed by atoms with Crippen LogP contribution in [0.4, 0.5) is 0 Å². The van der Waals surface area contributed by atoms with E-state index in [0.29, 0.717) is 13.0 Å². The van der Waals surface area contributed by atoms with Crippen molar-refractivity contribution < 1.29 is 14.3 Å². The molecule has 0 aliphatic rings. The molecule has 0 fully saturated rings. The molecule has 1 rings (SSSR count). The van der Waals surface area contributed by atoms with Crippen LogP contribution < -0.4 is 11.1 Å². The minimum absolute atomic E-state index is 0.193. The quantitative estimate of drug-likeness (QED) is 0.564. The van der Waals surface area contributed by atoms with Crippen molar-refractivity contribution in [3.05, 3.63) is 35.9 Å².